The lowest BCUT2D eigenvalue weighted by atomic mass is 10.7. The standard InChI is InChI=1S/C3H2F2N2O/c4-2(5)3-6-1-7-8-3/h1-2H/i1D. The summed E-state index contributed by atoms with van der Waals surface area (Å²) in [5.74, 6) is -0.806. The fourth-order valence-corrected chi connectivity index (χ4v) is 0.246. The van der Waals surface area contributed by atoms with Gasteiger partial charge in [0, 0.05) is 0 Å². The normalized spacial score (nSPS) is 12.1. The topological polar surface area (TPSA) is 38.9 Å². The Bertz CT molecular complexity index is 201. The van der Waals surface area contributed by atoms with Crippen LogP contribution in [0.3, 0.4) is 0 Å². The quantitative estimate of drug-likeness (QED) is 0.556. The van der Waals surface area contributed by atoms with Crippen LogP contribution in [0.1, 0.15) is 13.7 Å². The van der Waals surface area contributed by atoms with Gasteiger partial charge in [0.25, 0.3) is 5.89 Å². The molecule has 0 saturated carbocycles. The molecule has 0 aliphatic rings. The summed E-state index contributed by atoms with van der Waals surface area (Å²) < 4.78 is 33.5. The predicted octanol–water partition coefficient (Wildman–Crippen LogP) is 1.01. The highest BCUT2D eigenvalue weighted by Gasteiger charge is 2.11. The van der Waals surface area contributed by atoms with Crippen molar-refractivity contribution in [2.24, 2.45) is 0 Å². The molecule has 0 saturated heterocycles. The molecule has 0 amide bonds. The van der Waals surface area contributed by atoms with Gasteiger partial charge in [0.1, 0.15) is 1.37 Å². The highest BCUT2D eigenvalue weighted by Crippen LogP contribution is 2.13. The van der Waals surface area contributed by atoms with Crippen LogP contribution in [-0.4, -0.2) is 10.1 Å². The highest BCUT2D eigenvalue weighted by atomic mass is 19.3. The summed E-state index contributed by atoms with van der Waals surface area (Å²) in [5, 5.41) is 2.84. The Morgan fingerprint density at radius 1 is 1.88 bits per heavy atom. The molecule has 8 heavy (non-hydrogen) atoms. The van der Waals surface area contributed by atoms with Crippen LogP contribution >= 0.6 is 0 Å². The van der Waals surface area contributed by atoms with Gasteiger partial charge in [0.15, 0.2) is 6.30 Å². The van der Waals surface area contributed by atoms with E-state index >= 15 is 0 Å². The molecule has 1 aromatic rings. The minimum Gasteiger partial charge on any atom is -0.333 e. The summed E-state index contributed by atoms with van der Waals surface area (Å²) in [5.41, 5.74) is 0. The Morgan fingerprint density at radius 3 is 2.88 bits per heavy atom. The first kappa shape index (κ1) is 3.94. The summed E-state index contributed by atoms with van der Waals surface area (Å²) in [6.07, 6.45) is -3.30. The molecule has 0 fully saturated rings. The van der Waals surface area contributed by atoms with E-state index in [0.29, 0.717) is 0 Å². The summed E-state index contributed by atoms with van der Waals surface area (Å²) in [7, 11) is 0. The number of halogens is 2. The number of nitrogens with zero attached hydrogens (tertiary/aromatic N) is 2. The number of alkyl halides is 2. The number of hydrogen-bond acceptors (Lipinski definition) is 3. The van der Waals surface area contributed by atoms with Crippen molar-refractivity contribution < 1.29 is 14.7 Å². The maximum Gasteiger partial charge on any atom is 0.315 e. The molecule has 1 rings (SSSR count). The molecule has 0 aliphatic carbocycles. The van der Waals surface area contributed by atoms with Gasteiger partial charge >= 0.3 is 6.43 Å². The van der Waals surface area contributed by atoms with Crippen LogP contribution in [0.2, 0.25) is 0 Å². The summed E-state index contributed by atoms with van der Waals surface area (Å²) >= 11 is 0. The van der Waals surface area contributed by atoms with E-state index in [0.717, 1.165) is 0 Å². The zero-order valence-corrected chi connectivity index (χ0v) is 3.64. The molecule has 5 heteroatoms. The third-order valence-corrected chi connectivity index (χ3v) is 0.527. The van der Waals surface area contributed by atoms with Gasteiger partial charge in [-0.05, 0) is 0 Å². The monoisotopic (exact) mass is 121 g/mol. The second kappa shape index (κ2) is 1.85. The molecule has 0 bridgehead atoms. The van der Waals surface area contributed by atoms with Gasteiger partial charge in [-0.3, -0.25) is 0 Å². The van der Waals surface area contributed by atoms with Gasteiger partial charge < -0.3 is 4.52 Å². The SMILES string of the molecule is [2H]c1noc(C(F)F)n1. The summed E-state index contributed by atoms with van der Waals surface area (Å²) in [6.45, 7) is 0. The smallest absolute Gasteiger partial charge is 0.315 e. The van der Waals surface area contributed by atoms with E-state index < -0.39 is 18.6 Å². The van der Waals surface area contributed by atoms with Crippen molar-refractivity contribution in [1.82, 2.24) is 10.1 Å². The van der Waals surface area contributed by atoms with Crippen molar-refractivity contribution in [2.45, 2.75) is 6.43 Å². The lowest BCUT2D eigenvalue weighted by molar-refractivity contribution is 0.106. The van der Waals surface area contributed by atoms with Crippen LogP contribution in [0.25, 0.3) is 0 Å². The fourth-order valence-electron chi connectivity index (χ4n) is 0.246. The first-order valence-electron chi connectivity index (χ1n) is 2.28. The number of rotatable bonds is 1. The van der Waals surface area contributed by atoms with E-state index in [1.165, 1.54) is 0 Å². The zero-order chi connectivity index (χ0) is 6.85. The van der Waals surface area contributed by atoms with E-state index in [-0.39, 0.29) is 0 Å². The first-order chi connectivity index (χ1) is 4.20. The lowest BCUT2D eigenvalue weighted by Crippen LogP contribution is -1.79. The molecule has 0 aliphatic heterocycles. The average molecular weight is 121 g/mol. The minimum atomic E-state index is -2.78. The van der Waals surface area contributed by atoms with Gasteiger partial charge in [-0.1, -0.05) is 5.16 Å². The van der Waals surface area contributed by atoms with E-state index in [4.69, 9.17) is 1.37 Å². The molecule has 0 radical (unpaired) electrons. The van der Waals surface area contributed by atoms with Crippen molar-refractivity contribution in [1.29, 1.82) is 0 Å². The Hall–Kier alpha value is -1.00. The van der Waals surface area contributed by atoms with Crippen LogP contribution in [0, 0.1) is 0 Å². The van der Waals surface area contributed by atoms with Crippen LogP contribution < -0.4 is 0 Å². The van der Waals surface area contributed by atoms with Crippen LogP contribution in [0.15, 0.2) is 10.8 Å². The Kier molecular flexibility index (Phi) is 0.911. The minimum absolute atomic E-state index is 0.523. The second-order valence-electron chi connectivity index (χ2n) is 1.03. The van der Waals surface area contributed by atoms with E-state index in [9.17, 15) is 8.78 Å². The molecule has 44 valence electrons. The summed E-state index contributed by atoms with van der Waals surface area (Å²) in [6, 6.07) is 0. The van der Waals surface area contributed by atoms with Gasteiger partial charge in [-0.2, -0.15) is 13.8 Å². The van der Waals surface area contributed by atoms with Crippen LogP contribution in [0.4, 0.5) is 8.78 Å². The van der Waals surface area contributed by atoms with E-state index in [2.05, 4.69) is 14.7 Å². The molecular weight excluding hydrogens is 118 g/mol. The maximum absolute atomic E-state index is 11.5. The Morgan fingerprint density at radius 2 is 2.62 bits per heavy atom. The zero-order valence-electron chi connectivity index (χ0n) is 4.64. The van der Waals surface area contributed by atoms with Gasteiger partial charge in [-0.25, -0.2) is 0 Å². The van der Waals surface area contributed by atoms with Gasteiger partial charge in [0.2, 0.25) is 0 Å². The molecule has 0 unspecified atom stereocenters. The third kappa shape index (κ3) is 0.800. The second-order valence-corrected chi connectivity index (χ2v) is 1.03. The number of aromatic nitrogens is 2. The predicted molar refractivity (Wildman–Crippen MR) is 19.3 cm³/mol. The van der Waals surface area contributed by atoms with Crippen molar-refractivity contribution in [3.63, 3.8) is 0 Å². The molecular formula is C3H2F2N2O. The Balaban J connectivity index is 2.85. The molecule has 0 spiro atoms. The molecule has 1 aromatic heterocycles. The Labute approximate surface area is 44.7 Å². The van der Waals surface area contributed by atoms with E-state index in [1.54, 1.807) is 0 Å². The first-order valence-corrected chi connectivity index (χ1v) is 1.78. The summed E-state index contributed by atoms with van der Waals surface area (Å²) in [4.78, 5) is 2.95. The maximum atomic E-state index is 11.5. The van der Waals surface area contributed by atoms with Crippen LogP contribution in [0.5, 0.6) is 0 Å². The van der Waals surface area contributed by atoms with Crippen molar-refractivity contribution >= 4 is 0 Å². The average Bonchev–Trinajstić information content (AvgIpc) is 2.14. The van der Waals surface area contributed by atoms with E-state index in [1.807, 2.05) is 0 Å². The third-order valence-electron chi connectivity index (χ3n) is 0.527. The molecule has 0 aromatic carbocycles. The van der Waals surface area contributed by atoms with Crippen LogP contribution in [-0.2, 0) is 0 Å². The molecule has 3 nitrogen and oxygen atoms in total. The van der Waals surface area contributed by atoms with Gasteiger partial charge in [-0.15, -0.1) is 0 Å². The van der Waals surface area contributed by atoms with Crippen molar-refractivity contribution in [3.8, 4) is 0 Å². The fraction of sp³-hybridized carbons (Fsp3) is 0.333. The van der Waals surface area contributed by atoms with Crippen molar-refractivity contribution in [3.05, 3.63) is 12.2 Å². The largest absolute Gasteiger partial charge is 0.333 e. The molecule has 0 atom stereocenters. The number of hydrogen-bond donors (Lipinski definition) is 0. The highest BCUT2D eigenvalue weighted by molar-refractivity contribution is 4.73. The molecule has 1 heterocycles. The molecule has 0 N–H and O–H groups in total. The van der Waals surface area contributed by atoms with Crippen molar-refractivity contribution in [2.75, 3.05) is 0 Å². The van der Waals surface area contributed by atoms with Gasteiger partial charge in [0.05, 0.1) is 0 Å². The lowest BCUT2D eigenvalue weighted by Gasteiger charge is -1.83.